The van der Waals surface area contributed by atoms with E-state index in [-0.39, 0.29) is 18.1 Å². The van der Waals surface area contributed by atoms with Gasteiger partial charge >= 0.3 is 5.97 Å². The van der Waals surface area contributed by atoms with Gasteiger partial charge < -0.3 is 24.2 Å². The van der Waals surface area contributed by atoms with Crippen LogP contribution in [0.1, 0.15) is 24.0 Å². The van der Waals surface area contributed by atoms with Crippen LogP contribution in [0.2, 0.25) is 0 Å². The molecule has 0 atom stereocenters. The minimum Gasteiger partial charge on any atom is -0.507 e. The van der Waals surface area contributed by atoms with E-state index < -0.39 is 0 Å². The third-order valence-corrected chi connectivity index (χ3v) is 5.12. The first-order valence-corrected chi connectivity index (χ1v) is 10.2. The first kappa shape index (κ1) is 21.4. The number of benzene rings is 1. The quantitative estimate of drug-likeness (QED) is 0.385. The van der Waals surface area contributed by atoms with Gasteiger partial charge in [0.2, 0.25) is 0 Å². The van der Waals surface area contributed by atoms with Gasteiger partial charge in [-0.1, -0.05) is 0 Å². The van der Waals surface area contributed by atoms with Crippen LogP contribution in [0.3, 0.4) is 0 Å². The SMILES string of the molecule is COC(=O)CCCOc1ccc2c(c1OC)N=C(C=C(O)c1cccnc1)N1CCN=C21. The van der Waals surface area contributed by atoms with Gasteiger partial charge in [-0.2, -0.15) is 0 Å². The van der Waals surface area contributed by atoms with Crippen LogP contribution in [-0.4, -0.2) is 66.5 Å². The van der Waals surface area contributed by atoms with Crippen LogP contribution in [0.25, 0.3) is 5.76 Å². The predicted octanol–water partition coefficient (Wildman–Crippen LogP) is 3.13. The van der Waals surface area contributed by atoms with Gasteiger partial charge in [-0.25, -0.2) is 4.99 Å². The number of pyridine rings is 1. The Bertz CT molecular complexity index is 1100. The number of aliphatic imine (C=N–C) groups is 2. The first-order valence-electron chi connectivity index (χ1n) is 10.2. The molecule has 0 saturated carbocycles. The highest BCUT2D eigenvalue weighted by molar-refractivity contribution is 6.20. The second kappa shape index (κ2) is 9.51. The highest BCUT2D eigenvalue weighted by Gasteiger charge is 2.31. The van der Waals surface area contributed by atoms with Crippen molar-refractivity contribution in [1.29, 1.82) is 0 Å². The van der Waals surface area contributed by atoms with Crippen LogP contribution in [0.4, 0.5) is 5.69 Å². The number of amidine groups is 2. The van der Waals surface area contributed by atoms with Crippen molar-refractivity contribution in [2.75, 3.05) is 33.9 Å². The lowest BCUT2D eigenvalue weighted by atomic mass is 10.1. The topological polar surface area (TPSA) is 106 Å². The number of aromatic nitrogens is 1. The molecule has 3 heterocycles. The summed E-state index contributed by atoms with van der Waals surface area (Å²) in [6, 6.07) is 7.25. The molecule has 1 N–H and O–H groups in total. The molecule has 1 aromatic heterocycles. The van der Waals surface area contributed by atoms with Crippen LogP contribution in [-0.2, 0) is 9.53 Å². The summed E-state index contributed by atoms with van der Waals surface area (Å²) in [6.45, 7) is 1.62. The fourth-order valence-electron chi connectivity index (χ4n) is 3.56. The number of hydrogen-bond acceptors (Lipinski definition) is 9. The first-order chi connectivity index (χ1) is 15.6. The Morgan fingerprint density at radius 3 is 2.91 bits per heavy atom. The number of aliphatic hydroxyl groups is 1. The van der Waals surface area contributed by atoms with E-state index in [4.69, 9.17) is 14.5 Å². The lowest BCUT2D eigenvalue weighted by Gasteiger charge is -2.27. The Balaban J connectivity index is 1.66. The Kier molecular flexibility index (Phi) is 6.34. The molecular formula is C23H24N4O5. The summed E-state index contributed by atoms with van der Waals surface area (Å²) in [7, 11) is 2.92. The van der Waals surface area contributed by atoms with Gasteiger partial charge in [-0.05, 0) is 30.7 Å². The van der Waals surface area contributed by atoms with Crippen molar-refractivity contribution in [3.05, 3.63) is 53.9 Å². The highest BCUT2D eigenvalue weighted by atomic mass is 16.5. The molecule has 0 radical (unpaired) electrons. The van der Waals surface area contributed by atoms with Crippen molar-refractivity contribution in [2.24, 2.45) is 9.98 Å². The molecule has 0 aliphatic carbocycles. The summed E-state index contributed by atoms with van der Waals surface area (Å²) in [5, 5.41) is 10.6. The van der Waals surface area contributed by atoms with Gasteiger partial charge in [0, 0.05) is 42.6 Å². The van der Waals surface area contributed by atoms with Gasteiger partial charge in [0.05, 0.1) is 27.4 Å². The van der Waals surface area contributed by atoms with E-state index in [0.717, 1.165) is 11.4 Å². The van der Waals surface area contributed by atoms with Crippen molar-refractivity contribution in [2.45, 2.75) is 12.8 Å². The van der Waals surface area contributed by atoms with Crippen molar-refractivity contribution in [1.82, 2.24) is 9.88 Å². The van der Waals surface area contributed by atoms with E-state index in [0.29, 0.717) is 54.7 Å². The summed E-state index contributed by atoms with van der Waals surface area (Å²) >= 11 is 0. The number of methoxy groups -OCH3 is 2. The number of esters is 1. The van der Waals surface area contributed by atoms with Gasteiger partial charge in [-0.15, -0.1) is 0 Å². The third kappa shape index (κ3) is 4.27. The standard InChI is InChI=1S/C23H24N4O5/c1-30-20(29)6-4-12-32-18-8-7-16-21(22(18)31-2)26-19(27-11-10-25-23(16)27)13-17(28)15-5-3-9-24-14-15/h3,5,7-9,13-14,28H,4,6,10-12H2,1-2H3. The smallest absolute Gasteiger partial charge is 0.305 e. The zero-order valence-corrected chi connectivity index (χ0v) is 17.9. The van der Waals surface area contributed by atoms with Gasteiger partial charge in [0.1, 0.15) is 23.1 Å². The number of fused-ring (bicyclic) bond motifs is 3. The Morgan fingerprint density at radius 2 is 2.16 bits per heavy atom. The molecule has 2 aliphatic heterocycles. The monoisotopic (exact) mass is 436 g/mol. The van der Waals surface area contributed by atoms with Crippen LogP contribution in [0, 0.1) is 0 Å². The van der Waals surface area contributed by atoms with E-state index in [9.17, 15) is 9.90 Å². The average Bonchev–Trinajstić information content (AvgIpc) is 3.32. The minimum atomic E-state index is -0.278. The Hall–Kier alpha value is -3.88. The van der Waals surface area contributed by atoms with Crippen molar-refractivity contribution in [3.8, 4) is 11.5 Å². The van der Waals surface area contributed by atoms with Crippen LogP contribution in [0.5, 0.6) is 11.5 Å². The van der Waals surface area contributed by atoms with E-state index in [2.05, 4.69) is 14.7 Å². The summed E-state index contributed by atoms with van der Waals surface area (Å²) in [6.07, 6.45) is 5.63. The molecule has 2 aliphatic rings. The van der Waals surface area contributed by atoms with Crippen LogP contribution < -0.4 is 9.47 Å². The van der Waals surface area contributed by atoms with Crippen LogP contribution in [0.15, 0.2) is 52.7 Å². The summed E-state index contributed by atoms with van der Waals surface area (Å²) < 4.78 is 16.1. The second-order valence-corrected chi connectivity index (χ2v) is 7.12. The van der Waals surface area contributed by atoms with Gasteiger partial charge in [0.15, 0.2) is 11.5 Å². The molecule has 4 rings (SSSR count). The fourth-order valence-corrected chi connectivity index (χ4v) is 3.56. The molecule has 0 bridgehead atoms. The highest BCUT2D eigenvalue weighted by Crippen LogP contribution is 2.43. The molecule has 0 spiro atoms. The zero-order chi connectivity index (χ0) is 22.5. The minimum absolute atomic E-state index is 0.0562. The Labute approximate surface area is 185 Å². The maximum absolute atomic E-state index is 11.3. The number of carbonyl (C=O) groups is 1. The number of rotatable bonds is 8. The van der Waals surface area contributed by atoms with Crippen molar-refractivity contribution < 1.29 is 24.1 Å². The number of ether oxygens (including phenoxy) is 3. The molecule has 1 aromatic carbocycles. The molecule has 2 aromatic rings. The van der Waals surface area contributed by atoms with Crippen molar-refractivity contribution >= 4 is 29.1 Å². The molecule has 0 unspecified atom stereocenters. The molecule has 0 amide bonds. The van der Waals surface area contributed by atoms with Gasteiger partial charge in [-0.3, -0.25) is 14.8 Å². The summed E-state index contributed by atoms with van der Waals surface area (Å²) in [5.41, 5.74) is 2.01. The predicted molar refractivity (Wildman–Crippen MR) is 120 cm³/mol. The molecule has 9 nitrogen and oxygen atoms in total. The van der Waals surface area contributed by atoms with Gasteiger partial charge in [0.25, 0.3) is 0 Å². The Morgan fingerprint density at radius 1 is 1.28 bits per heavy atom. The van der Waals surface area contributed by atoms with Crippen LogP contribution >= 0.6 is 0 Å². The molecular weight excluding hydrogens is 412 g/mol. The number of hydrogen-bond donors (Lipinski definition) is 1. The molecule has 0 fully saturated rings. The molecule has 0 saturated heterocycles. The number of nitrogens with zero attached hydrogens (tertiary/aromatic N) is 4. The number of aliphatic hydroxyl groups excluding tert-OH is 1. The maximum Gasteiger partial charge on any atom is 0.305 e. The van der Waals surface area contributed by atoms with E-state index in [1.165, 1.54) is 7.11 Å². The molecule has 166 valence electrons. The fraction of sp³-hybridized carbons (Fsp3) is 0.304. The van der Waals surface area contributed by atoms with Crippen molar-refractivity contribution in [3.63, 3.8) is 0 Å². The van der Waals surface area contributed by atoms with E-state index >= 15 is 0 Å². The van der Waals surface area contributed by atoms with E-state index in [1.807, 2.05) is 17.0 Å². The zero-order valence-electron chi connectivity index (χ0n) is 17.9. The molecule has 9 heteroatoms. The average molecular weight is 436 g/mol. The summed E-state index contributed by atoms with van der Waals surface area (Å²) in [5.74, 6) is 2.10. The largest absolute Gasteiger partial charge is 0.507 e. The second-order valence-electron chi connectivity index (χ2n) is 7.12. The van der Waals surface area contributed by atoms with E-state index in [1.54, 1.807) is 37.7 Å². The normalized spacial score (nSPS) is 14.8. The molecule has 32 heavy (non-hydrogen) atoms. The maximum atomic E-state index is 11.3. The number of carbonyl (C=O) groups excluding carboxylic acids is 1. The summed E-state index contributed by atoms with van der Waals surface area (Å²) in [4.78, 5) is 26.7. The lowest BCUT2D eigenvalue weighted by Crippen LogP contribution is -2.36. The third-order valence-electron chi connectivity index (χ3n) is 5.12. The lowest BCUT2D eigenvalue weighted by molar-refractivity contribution is -0.140.